The third-order valence-electron chi connectivity index (χ3n) is 3.95. The highest BCUT2D eigenvalue weighted by Gasteiger charge is 2.12. The number of anilines is 1. The van der Waals surface area contributed by atoms with Gasteiger partial charge in [-0.3, -0.25) is 4.79 Å². The lowest BCUT2D eigenvalue weighted by Gasteiger charge is -2.12. The largest absolute Gasteiger partial charge is 0.494 e. The zero-order chi connectivity index (χ0) is 20.1. The lowest BCUT2D eigenvalue weighted by Crippen LogP contribution is -2.28. The van der Waals surface area contributed by atoms with E-state index in [0.717, 1.165) is 5.56 Å². The predicted molar refractivity (Wildman–Crippen MR) is 101 cm³/mol. The second-order valence-corrected chi connectivity index (χ2v) is 5.90. The summed E-state index contributed by atoms with van der Waals surface area (Å²) in [6, 6.07) is 11.5. The van der Waals surface area contributed by atoms with Crippen LogP contribution in [0.25, 0.3) is 5.69 Å². The van der Waals surface area contributed by atoms with Gasteiger partial charge in [0, 0.05) is 17.8 Å². The van der Waals surface area contributed by atoms with Crippen LogP contribution in [0.2, 0.25) is 0 Å². The first-order valence-electron chi connectivity index (χ1n) is 8.35. The van der Waals surface area contributed by atoms with Crippen molar-refractivity contribution in [2.45, 2.75) is 13.5 Å². The summed E-state index contributed by atoms with van der Waals surface area (Å²) in [5, 5.41) is 16.9. The lowest BCUT2D eigenvalue weighted by molar-refractivity contribution is 0.1000. The number of primary amides is 1. The number of hydrogen-bond donors (Lipinski definition) is 3. The number of benzene rings is 2. The van der Waals surface area contributed by atoms with Crippen molar-refractivity contribution in [2.75, 3.05) is 12.4 Å². The molecule has 28 heavy (non-hydrogen) atoms. The fourth-order valence-electron chi connectivity index (χ4n) is 2.58. The van der Waals surface area contributed by atoms with Crippen molar-refractivity contribution in [2.24, 2.45) is 5.73 Å². The van der Waals surface area contributed by atoms with E-state index in [4.69, 9.17) is 10.5 Å². The van der Waals surface area contributed by atoms with Crippen LogP contribution in [-0.2, 0) is 6.54 Å². The van der Waals surface area contributed by atoms with Crippen LogP contribution in [0.5, 0.6) is 5.75 Å². The van der Waals surface area contributed by atoms with Crippen LogP contribution in [0.15, 0.2) is 42.5 Å². The van der Waals surface area contributed by atoms with E-state index in [9.17, 15) is 9.59 Å². The van der Waals surface area contributed by atoms with Crippen LogP contribution in [0, 0.1) is 6.92 Å². The number of methoxy groups -OCH3 is 1. The molecule has 0 saturated carbocycles. The zero-order valence-electron chi connectivity index (χ0n) is 15.3. The quantitative estimate of drug-likeness (QED) is 0.590. The van der Waals surface area contributed by atoms with Crippen molar-refractivity contribution in [3.8, 4) is 11.4 Å². The average molecular weight is 381 g/mol. The van der Waals surface area contributed by atoms with Gasteiger partial charge in [-0.1, -0.05) is 12.1 Å². The Balaban J connectivity index is 1.70. The Bertz CT molecular complexity index is 1020. The Morgan fingerprint density at radius 3 is 2.71 bits per heavy atom. The number of urea groups is 1. The average Bonchev–Trinajstić information content (AvgIpc) is 3.12. The fourth-order valence-corrected chi connectivity index (χ4v) is 2.58. The Labute approximate surface area is 160 Å². The van der Waals surface area contributed by atoms with Crippen LogP contribution >= 0.6 is 0 Å². The molecule has 144 valence electrons. The van der Waals surface area contributed by atoms with Crippen LogP contribution in [0.1, 0.15) is 21.7 Å². The lowest BCUT2D eigenvalue weighted by atomic mass is 10.1. The summed E-state index contributed by atoms with van der Waals surface area (Å²) in [6.45, 7) is 1.99. The molecule has 10 nitrogen and oxygen atoms in total. The molecule has 3 aromatic rings. The summed E-state index contributed by atoms with van der Waals surface area (Å²) in [7, 11) is 1.54. The molecule has 3 amide bonds. The van der Waals surface area contributed by atoms with Crippen molar-refractivity contribution in [1.29, 1.82) is 0 Å². The van der Waals surface area contributed by atoms with Gasteiger partial charge >= 0.3 is 6.03 Å². The molecule has 0 radical (unpaired) electrons. The Kier molecular flexibility index (Phi) is 5.49. The number of aromatic nitrogens is 4. The van der Waals surface area contributed by atoms with Crippen molar-refractivity contribution < 1.29 is 14.3 Å². The van der Waals surface area contributed by atoms with Gasteiger partial charge in [-0.2, -0.15) is 4.68 Å². The minimum absolute atomic E-state index is 0.238. The third-order valence-corrected chi connectivity index (χ3v) is 3.95. The van der Waals surface area contributed by atoms with Crippen LogP contribution in [0.4, 0.5) is 10.5 Å². The number of carbonyl (C=O) groups is 2. The Morgan fingerprint density at radius 1 is 1.21 bits per heavy atom. The second kappa shape index (κ2) is 8.16. The van der Waals surface area contributed by atoms with Gasteiger partial charge in [-0.25, -0.2) is 4.79 Å². The molecule has 2 aromatic carbocycles. The fraction of sp³-hybridized carbons (Fsp3) is 0.167. The summed E-state index contributed by atoms with van der Waals surface area (Å²) in [4.78, 5) is 23.5. The Hall–Kier alpha value is -3.95. The molecule has 0 unspecified atom stereocenters. The molecule has 3 rings (SSSR count). The van der Waals surface area contributed by atoms with Gasteiger partial charge in [-0.15, -0.1) is 5.10 Å². The number of carbonyl (C=O) groups excluding carboxylic acids is 2. The van der Waals surface area contributed by atoms with E-state index in [-0.39, 0.29) is 6.54 Å². The summed E-state index contributed by atoms with van der Waals surface area (Å²) >= 11 is 0. The first-order chi connectivity index (χ1) is 13.5. The smallest absolute Gasteiger partial charge is 0.319 e. The van der Waals surface area contributed by atoms with Gasteiger partial charge in [-0.05, 0) is 53.2 Å². The van der Waals surface area contributed by atoms with Crippen molar-refractivity contribution in [1.82, 2.24) is 25.5 Å². The van der Waals surface area contributed by atoms with Gasteiger partial charge < -0.3 is 21.1 Å². The minimum Gasteiger partial charge on any atom is -0.494 e. The SMILES string of the molecule is COc1ccc(NC(=O)NCc2cccc(C(N)=O)c2)cc1-n1nnnc1C. The van der Waals surface area contributed by atoms with Crippen molar-refractivity contribution >= 4 is 17.6 Å². The number of rotatable bonds is 6. The Morgan fingerprint density at radius 2 is 2.04 bits per heavy atom. The van der Waals surface area contributed by atoms with Crippen LogP contribution in [-0.4, -0.2) is 39.3 Å². The molecule has 0 fully saturated rings. The monoisotopic (exact) mass is 381 g/mol. The maximum Gasteiger partial charge on any atom is 0.319 e. The first-order valence-corrected chi connectivity index (χ1v) is 8.35. The maximum atomic E-state index is 12.2. The molecule has 4 N–H and O–H groups in total. The van der Waals surface area contributed by atoms with Crippen LogP contribution in [0.3, 0.4) is 0 Å². The van der Waals surface area contributed by atoms with E-state index in [2.05, 4.69) is 26.2 Å². The minimum atomic E-state index is -0.519. The van der Waals surface area contributed by atoms with Gasteiger partial charge in [0.15, 0.2) is 5.82 Å². The third kappa shape index (κ3) is 4.23. The van der Waals surface area contributed by atoms with Gasteiger partial charge in [0.05, 0.1) is 7.11 Å². The molecular weight excluding hydrogens is 362 g/mol. The molecular formula is C18H19N7O3. The number of tetrazole rings is 1. The number of nitrogens with zero attached hydrogens (tertiary/aromatic N) is 4. The topological polar surface area (TPSA) is 137 Å². The second-order valence-electron chi connectivity index (χ2n) is 5.90. The number of nitrogens with two attached hydrogens (primary N) is 1. The van der Waals surface area contributed by atoms with Gasteiger partial charge in [0.25, 0.3) is 0 Å². The molecule has 0 aliphatic carbocycles. The highest BCUT2D eigenvalue weighted by atomic mass is 16.5. The molecule has 0 aliphatic rings. The molecule has 0 saturated heterocycles. The first kappa shape index (κ1) is 18.8. The molecule has 0 bridgehead atoms. The van der Waals surface area contributed by atoms with E-state index in [1.165, 1.54) is 4.68 Å². The standard InChI is InChI=1S/C18H19N7O3/c1-11-22-23-24-25(11)15-9-14(6-7-16(15)28-2)21-18(27)20-10-12-4-3-5-13(8-12)17(19)26/h3-9H,10H2,1-2H3,(H2,19,26)(H2,20,21,27). The van der Waals surface area contributed by atoms with Crippen molar-refractivity contribution in [3.05, 3.63) is 59.4 Å². The normalized spacial score (nSPS) is 10.4. The van der Waals surface area contributed by atoms with E-state index in [0.29, 0.717) is 28.5 Å². The zero-order valence-corrected chi connectivity index (χ0v) is 15.3. The number of hydrogen-bond acceptors (Lipinski definition) is 6. The van der Waals surface area contributed by atoms with E-state index < -0.39 is 11.9 Å². The van der Waals surface area contributed by atoms with Crippen LogP contribution < -0.4 is 21.1 Å². The van der Waals surface area contributed by atoms with E-state index in [1.807, 2.05) is 0 Å². The summed E-state index contributed by atoms with van der Waals surface area (Å²) < 4.78 is 6.85. The molecule has 1 aromatic heterocycles. The number of nitrogens with one attached hydrogen (secondary N) is 2. The predicted octanol–water partition coefficient (Wildman–Crippen LogP) is 1.40. The summed E-state index contributed by atoms with van der Waals surface area (Å²) in [5.41, 5.74) is 7.54. The number of aryl methyl sites for hydroxylation is 1. The molecule has 0 atom stereocenters. The summed E-state index contributed by atoms with van der Waals surface area (Å²) in [6.07, 6.45) is 0. The van der Waals surface area contributed by atoms with Gasteiger partial charge in [0.1, 0.15) is 11.4 Å². The van der Waals surface area contributed by atoms with Gasteiger partial charge in [0.2, 0.25) is 5.91 Å². The van der Waals surface area contributed by atoms with E-state index >= 15 is 0 Å². The molecule has 10 heteroatoms. The van der Waals surface area contributed by atoms with Crippen molar-refractivity contribution in [3.63, 3.8) is 0 Å². The highest BCUT2D eigenvalue weighted by molar-refractivity contribution is 5.93. The summed E-state index contributed by atoms with van der Waals surface area (Å²) in [5.74, 6) is 0.619. The molecule has 0 spiro atoms. The number of amides is 3. The van der Waals surface area contributed by atoms with E-state index in [1.54, 1.807) is 56.5 Å². The highest BCUT2D eigenvalue weighted by Crippen LogP contribution is 2.26. The molecule has 1 heterocycles. The number of ether oxygens (including phenoxy) is 1. The maximum absolute atomic E-state index is 12.2. The molecule has 0 aliphatic heterocycles.